The highest BCUT2D eigenvalue weighted by Crippen LogP contribution is 2.44. The van der Waals surface area contributed by atoms with Crippen molar-refractivity contribution in [2.45, 2.75) is 40.2 Å². The molecule has 2 amide bonds. The van der Waals surface area contributed by atoms with Crippen molar-refractivity contribution >= 4 is 45.8 Å². The third kappa shape index (κ3) is 4.65. The van der Waals surface area contributed by atoms with Gasteiger partial charge in [0, 0.05) is 5.39 Å². The maximum atomic E-state index is 13.7. The first-order valence-electron chi connectivity index (χ1n) is 11.5. The number of benzene rings is 3. The zero-order valence-electron chi connectivity index (χ0n) is 19.9. The van der Waals surface area contributed by atoms with Crippen molar-refractivity contribution in [3.63, 3.8) is 0 Å². The van der Waals surface area contributed by atoms with E-state index < -0.39 is 24.4 Å². The molecule has 0 spiro atoms. The van der Waals surface area contributed by atoms with E-state index in [1.54, 1.807) is 37.3 Å². The molecular formula is C27H24ClF2NO5. The lowest BCUT2D eigenvalue weighted by Gasteiger charge is -2.17. The molecule has 0 fully saturated rings. The molecule has 0 atom stereocenters. The Labute approximate surface area is 211 Å². The van der Waals surface area contributed by atoms with Crippen LogP contribution in [0.5, 0.6) is 5.75 Å². The second kappa shape index (κ2) is 10.2. The van der Waals surface area contributed by atoms with Crippen molar-refractivity contribution in [1.29, 1.82) is 0 Å². The fraction of sp³-hybridized carbons (Fsp3) is 0.296. The summed E-state index contributed by atoms with van der Waals surface area (Å²) in [5.74, 6) is -2.14. The van der Waals surface area contributed by atoms with Gasteiger partial charge in [-0.3, -0.25) is 14.4 Å². The molecule has 9 heteroatoms. The van der Waals surface area contributed by atoms with E-state index in [2.05, 4.69) is 0 Å². The highest BCUT2D eigenvalue weighted by molar-refractivity contribution is 6.41. The summed E-state index contributed by atoms with van der Waals surface area (Å²) < 4.78 is 36.7. The molecule has 1 aliphatic heterocycles. The quantitative estimate of drug-likeness (QED) is 0.264. The average Bonchev–Trinajstić information content (AvgIpc) is 3.06. The topological polar surface area (TPSA) is 72.9 Å². The van der Waals surface area contributed by atoms with Gasteiger partial charge in [0.1, 0.15) is 5.75 Å². The van der Waals surface area contributed by atoms with Crippen molar-refractivity contribution in [1.82, 2.24) is 0 Å². The van der Waals surface area contributed by atoms with E-state index in [0.29, 0.717) is 28.3 Å². The van der Waals surface area contributed by atoms with Crippen molar-refractivity contribution in [3.05, 3.63) is 69.7 Å². The van der Waals surface area contributed by atoms with Crippen LogP contribution in [0.2, 0.25) is 5.02 Å². The monoisotopic (exact) mass is 515 g/mol. The summed E-state index contributed by atoms with van der Waals surface area (Å²) in [6.07, 6.45) is 0.406. The molecule has 4 rings (SSSR count). The Kier molecular flexibility index (Phi) is 7.26. The number of ether oxygens (including phenoxy) is 2. The van der Waals surface area contributed by atoms with Crippen molar-refractivity contribution in [2.24, 2.45) is 5.92 Å². The maximum absolute atomic E-state index is 13.7. The van der Waals surface area contributed by atoms with E-state index in [1.807, 2.05) is 13.8 Å². The molecule has 0 N–H and O–H groups in total. The molecule has 0 unspecified atom stereocenters. The normalized spacial score (nSPS) is 13.2. The second-order valence-electron chi connectivity index (χ2n) is 8.79. The lowest BCUT2D eigenvalue weighted by Crippen LogP contribution is -2.30. The standard InChI is InChI=1S/C27H24ClF2NO5/c1-4-35-21(32)13-15-9-10-20(19(28)12-15)31-25(33)22-18(11-14(2)3)16-7-5-6-8-17(16)24(36-27(29)30)23(22)26(31)34/h5-10,12,14,27H,4,11,13H2,1-3H3. The second-order valence-corrected chi connectivity index (χ2v) is 9.20. The average molecular weight is 516 g/mol. The van der Waals surface area contributed by atoms with Gasteiger partial charge in [-0.05, 0) is 47.9 Å². The van der Waals surface area contributed by atoms with Crippen molar-refractivity contribution in [2.75, 3.05) is 11.5 Å². The molecule has 6 nitrogen and oxygen atoms in total. The molecule has 1 aliphatic rings. The van der Waals surface area contributed by atoms with Gasteiger partial charge in [0.25, 0.3) is 11.8 Å². The Bertz CT molecular complexity index is 1300. The molecule has 36 heavy (non-hydrogen) atoms. The molecule has 188 valence electrons. The van der Waals surface area contributed by atoms with E-state index in [0.717, 1.165) is 4.90 Å². The largest absolute Gasteiger partial charge is 0.466 e. The lowest BCUT2D eigenvalue weighted by atomic mass is 9.89. The van der Waals surface area contributed by atoms with Gasteiger partial charge in [-0.25, -0.2) is 4.90 Å². The van der Waals surface area contributed by atoms with Crippen LogP contribution in [0.25, 0.3) is 10.8 Å². The summed E-state index contributed by atoms with van der Waals surface area (Å²) in [6, 6.07) is 11.2. The van der Waals surface area contributed by atoms with Crippen LogP contribution in [0.15, 0.2) is 42.5 Å². The number of alkyl halides is 2. The van der Waals surface area contributed by atoms with Gasteiger partial charge in [0.2, 0.25) is 0 Å². The number of carbonyl (C=O) groups is 3. The predicted molar refractivity (Wildman–Crippen MR) is 132 cm³/mol. The van der Waals surface area contributed by atoms with Gasteiger partial charge in [0.15, 0.2) is 0 Å². The molecule has 0 aromatic heterocycles. The molecule has 0 aliphatic carbocycles. The van der Waals surface area contributed by atoms with Gasteiger partial charge in [-0.2, -0.15) is 8.78 Å². The zero-order chi connectivity index (χ0) is 26.1. The Hall–Kier alpha value is -3.52. The first-order valence-corrected chi connectivity index (χ1v) is 11.9. The number of anilines is 1. The molecule has 3 aromatic rings. The van der Waals surface area contributed by atoms with E-state index in [9.17, 15) is 23.2 Å². The molecule has 3 aromatic carbocycles. The van der Waals surface area contributed by atoms with Crippen LogP contribution in [0.4, 0.5) is 14.5 Å². The summed E-state index contributed by atoms with van der Waals surface area (Å²) in [4.78, 5) is 40.1. The smallest absolute Gasteiger partial charge is 0.387 e. The van der Waals surface area contributed by atoms with Crippen LogP contribution < -0.4 is 9.64 Å². The van der Waals surface area contributed by atoms with E-state index in [1.165, 1.54) is 12.1 Å². The van der Waals surface area contributed by atoms with Crippen LogP contribution >= 0.6 is 11.6 Å². The number of hydrogen-bond donors (Lipinski definition) is 0. The number of halogens is 3. The summed E-state index contributed by atoms with van der Waals surface area (Å²) in [5.41, 5.74) is 1.04. The molecule has 0 radical (unpaired) electrons. The zero-order valence-corrected chi connectivity index (χ0v) is 20.7. The van der Waals surface area contributed by atoms with Crippen LogP contribution in [0, 0.1) is 5.92 Å². The number of amides is 2. The Morgan fingerprint density at radius 1 is 1.03 bits per heavy atom. The Morgan fingerprint density at radius 2 is 1.69 bits per heavy atom. The first kappa shape index (κ1) is 25.6. The first-order chi connectivity index (χ1) is 17.1. The number of nitrogens with zero attached hydrogens (tertiary/aromatic N) is 1. The fourth-order valence-electron chi connectivity index (χ4n) is 4.50. The fourth-order valence-corrected chi connectivity index (χ4v) is 4.79. The number of rotatable bonds is 8. The van der Waals surface area contributed by atoms with E-state index in [4.69, 9.17) is 21.1 Å². The molecule has 0 saturated heterocycles. The summed E-state index contributed by atoms with van der Waals surface area (Å²) in [5, 5.41) is 0.947. The summed E-state index contributed by atoms with van der Waals surface area (Å²) in [7, 11) is 0. The highest BCUT2D eigenvalue weighted by Gasteiger charge is 2.43. The SMILES string of the molecule is CCOC(=O)Cc1ccc(N2C(=O)c3c(c(OC(F)F)c4ccccc4c3CC(C)C)C2=O)c(Cl)c1. The number of hydrogen-bond acceptors (Lipinski definition) is 5. The van der Waals surface area contributed by atoms with Crippen molar-refractivity contribution < 1.29 is 32.6 Å². The minimum atomic E-state index is -3.20. The lowest BCUT2D eigenvalue weighted by molar-refractivity contribution is -0.142. The molecule has 0 saturated carbocycles. The van der Waals surface area contributed by atoms with Crippen LogP contribution in [0.1, 0.15) is 52.6 Å². The maximum Gasteiger partial charge on any atom is 0.387 e. The highest BCUT2D eigenvalue weighted by atomic mass is 35.5. The van der Waals surface area contributed by atoms with Gasteiger partial charge in [0.05, 0.1) is 34.9 Å². The van der Waals surface area contributed by atoms with E-state index >= 15 is 0 Å². The van der Waals surface area contributed by atoms with Gasteiger partial charge in [-0.15, -0.1) is 0 Å². The van der Waals surface area contributed by atoms with Crippen LogP contribution in [0.3, 0.4) is 0 Å². The van der Waals surface area contributed by atoms with E-state index in [-0.39, 0.29) is 46.5 Å². The Morgan fingerprint density at radius 3 is 2.31 bits per heavy atom. The van der Waals surface area contributed by atoms with Gasteiger partial charge < -0.3 is 9.47 Å². The number of esters is 1. The summed E-state index contributed by atoms with van der Waals surface area (Å²) in [6.45, 7) is 2.65. The number of imide groups is 1. The molecular weight excluding hydrogens is 492 g/mol. The van der Waals surface area contributed by atoms with Crippen LogP contribution in [-0.4, -0.2) is 31.0 Å². The Balaban J connectivity index is 1.88. The number of carbonyl (C=O) groups excluding carboxylic acids is 3. The number of fused-ring (bicyclic) bond motifs is 2. The third-order valence-electron chi connectivity index (χ3n) is 5.84. The minimum absolute atomic E-state index is 0.0355. The predicted octanol–water partition coefficient (Wildman–Crippen LogP) is 6.20. The minimum Gasteiger partial charge on any atom is -0.466 e. The molecule has 0 bridgehead atoms. The molecule has 1 heterocycles. The van der Waals surface area contributed by atoms with Gasteiger partial charge in [-0.1, -0.05) is 55.8 Å². The van der Waals surface area contributed by atoms with Crippen LogP contribution in [-0.2, 0) is 22.4 Å². The summed E-state index contributed by atoms with van der Waals surface area (Å²) >= 11 is 6.45. The third-order valence-corrected chi connectivity index (χ3v) is 6.14. The van der Waals surface area contributed by atoms with Gasteiger partial charge >= 0.3 is 12.6 Å². The van der Waals surface area contributed by atoms with Crippen molar-refractivity contribution in [3.8, 4) is 5.75 Å².